The van der Waals surface area contributed by atoms with Gasteiger partial charge in [-0.05, 0) is 32.0 Å². The van der Waals surface area contributed by atoms with Gasteiger partial charge in [-0.3, -0.25) is 4.79 Å². The first-order valence-electron chi connectivity index (χ1n) is 5.30. The smallest absolute Gasteiger partial charge is 0.347 e. The molecule has 5 heteroatoms. The molecular weight excluding hydrogens is 222 g/mol. The van der Waals surface area contributed by atoms with Crippen molar-refractivity contribution in [2.75, 3.05) is 5.32 Å². The van der Waals surface area contributed by atoms with Crippen LogP contribution in [-0.2, 0) is 4.79 Å². The molecule has 1 aliphatic rings. The Hall–Kier alpha value is -2.04. The fourth-order valence-corrected chi connectivity index (χ4v) is 1.79. The van der Waals surface area contributed by atoms with Gasteiger partial charge in [0.1, 0.15) is 5.75 Å². The monoisotopic (exact) mass is 235 g/mol. The lowest BCUT2D eigenvalue weighted by Gasteiger charge is -2.30. The molecule has 0 fully saturated rings. The molecule has 1 aromatic rings. The zero-order valence-electron chi connectivity index (χ0n) is 9.56. The Morgan fingerprint density at radius 2 is 2.12 bits per heavy atom. The summed E-state index contributed by atoms with van der Waals surface area (Å²) in [6.45, 7) is 3.21. The van der Waals surface area contributed by atoms with Gasteiger partial charge in [0.05, 0.1) is 11.7 Å². The molecule has 5 nitrogen and oxygen atoms in total. The van der Waals surface area contributed by atoms with Gasteiger partial charge in [0.2, 0.25) is 6.10 Å². The van der Waals surface area contributed by atoms with Gasteiger partial charge in [-0.25, -0.2) is 4.79 Å². The second-order valence-electron chi connectivity index (χ2n) is 4.08. The first-order valence-corrected chi connectivity index (χ1v) is 5.30. The van der Waals surface area contributed by atoms with E-state index >= 15 is 0 Å². The van der Waals surface area contributed by atoms with Gasteiger partial charge in [-0.1, -0.05) is 0 Å². The number of Topliss-reactive ketones (excluding diaryl/α,β-unsaturated/α-hetero) is 1. The maximum absolute atomic E-state index is 11.2. The Morgan fingerprint density at radius 1 is 1.41 bits per heavy atom. The van der Waals surface area contributed by atoms with Crippen LogP contribution >= 0.6 is 0 Å². The van der Waals surface area contributed by atoms with Crippen molar-refractivity contribution in [1.82, 2.24) is 0 Å². The summed E-state index contributed by atoms with van der Waals surface area (Å²) in [5, 5.41) is 12.0. The molecule has 0 aliphatic carbocycles. The summed E-state index contributed by atoms with van der Waals surface area (Å²) in [5.41, 5.74) is 1.23. The van der Waals surface area contributed by atoms with Crippen LogP contribution in [0.5, 0.6) is 5.75 Å². The second-order valence-corrected chi connectivity index (χ2v) is 4.08. The average Bonchev–Trinajstić information content (AvgIpc) is 2.26. The molecule has 2 rings (SSSR count). The van der Waals surface area contributed by atoms with Crippen molar-refractivity contribution in [3.63, 3.8) is 0 Å². The van der Waals surface area contributed by atoms with E-state index in [1.807, 2.05) is 0 Å². The fourth-order valence-electron chi connectivity index (χ4n) is 1.79. The highest BCUT2D eigenvalue weighted by Gasteiger charge is 2.32. The lowest BCUT2D eigenvalue weighted by atomic mass is 10.1. The van der Waals surface area contributed by atoms with Crippen molar-refractivity contribution in [2.45, 2.75) is 26.0 Å². The topological polar surface area (TPSA) is 75.6 Å². The highest BCUT2D eigenvalue weighted by molar-refractivity contribution is 5.95. The number of ether oxygens (including phenoxy) is 1. The van der Waals surface area contributed by atoms with Crippen LogP contribution < -0.4 is 10.1 Å². The minimum atomic E-state index is -1.01. The summed E-state index contributed by atoms with van der Waals surface area (Å²) in [7, 11) is 0. The molecule has 1 aliphatic heterocycles. The van der Waals surface area contributed by atoms with E-state index in [0.717, 1.165) is 0 Å². The second kappa shape index (κ2) is 4.08. The minimum Gasteiger partial charge on any atom is -0.478 e. The summed E-state index contributed by atoms with van der Waals surface area (Å²) >= 11 is 0. The standard InChI is InChI=1S/C12H13NO4/c1-6-11(12(15)16)17-10-4-3-8(7(2)14)5-9(10)13-6/h3-6,11,13H,1-2H3,(H,15,16). The molecule has 0 aromatic heterocycles. The number of ketones is 1. The first-order chi connectivity index (χ1) is 7.99. The summed E-state index contributed by atoms with van der Waals surface area (Å²) in [6, 6.07) is 4.56. The molecule has 2 unspecified atom stereocenters. The van der Waals surface area contributed by atoms with Crippen LogP contribution in [0.3, 0.4) is 0 Å². The molecule has 0 saturated heterocycles. The van der Waals surface area contributed by atoms with Crippen molar-refractivity contribution < 1.29 is 19.4 Å². The van der Waals surface area contributed by atoms with Gasteiger partial charge in [-0.2, -0.15) is 0 Å². The molecule has 90 valence electrons. The number of carbonyl (C=O) groups is 2. The van der Waals surface area contributed by atoms with Gasteiger partial charge in [0.15, 0.2) is 5.78 Å². The van der Waals surface area contributed by atoms with E-state index in [0.29, 0.717) is 17.0 Å². The maximum atomic E-state index is 11.2. The number of hydrogen-bond acceptors (Lipinski definition) is 4. The molecular formula is C12H13NO4. The third-order valence-electron chi connectivity index (χ3n) is 2.72. The van der Waals surface area contributed by atoms with Crippen molar-refractivity contribution in [3.05, 3.63) is 23.8 Å². The van der Waals surface area contributed by atoms with Crippen LogP contribution in [0, 0.1) is 0 Å². The number of fused-ring (bicyclic) bond motifs is 1. The number of nitrogens with one attached hydrogen (secondary N) is 1. The van der Waals surface area contributed by atoms with E-state index in [-0.39, 0.29) is 11.8 Å². The highest BCUT2D eigenvalue weighted by Crippen LogP contribution is 2.32. The minimum absolute atomic E-state index is 0.0392. The molecule has 0 spiro atoms. The summed E-state index contributed by atoms with van der Waals surface area (Å²) < 4.78 is 5.37. The number of rotatable bonds is 2. The van der Waals surface area contributed by atoms with Gasteiger partial charge in [0, 0.05) is 5.56 Å². The van der Waals surface area contributed by atoms with Crippen LogP contribution in [0.15, 0.2) is 18.2 Å². The number of carbonyl (C=O) groups excluding carboxylic acids is 1. The van der Waals surface area contributed by atoms with Gasteiger partial charge < -0.3 is 15.2 Å². The Balaban J connectivity index is 2.35. The third kappa shape index (κ3) is 2.08. The largest absolute Gasteiger partial charge is 0.478 e. The molecule has 0 saturated carbocycles. The van der Waals surface area contributed by atoms with Crippen molar-refractivity contribution in [2.24, 2.45) is 0 Å². The molecule has 17 heavy (non-hydrogen) atoms. The number of aliphatic carboxylic acids is 1. The molecule has 2 atom stereocenters. The molecule has 2 N–H and O–H groups in total. The Bertz CT molecular complexity index is 483. The van der Waals surface area contributed by atoms with Crippen LogP contribution in [0.1, 0.15) is 24.2 Å². The maximum Gasteiger partial charge on any atom is 0.347 e. The Morgan fingerprint density at radius 3 is 2.71 bits per heavy atom. The van der Waals surface area contributed by atoms with Crippen LogP contribution in [0.2, 0.25) is 0 Å². The predicted octanol–water partition coefficient (Wildman–Crippen LogP) is 1.54. The summed E-state index contributed by atoms with van der Waals surface area (Å²) in [4.78, 5) is 22.2. The molecule has 0 amide bonds. The van der Waals surface area contributed by atoms with E-state index < -0.39 is 12.1 Å². The van der Waals surface area contributed by atoms with E-state index in [9.17, 15) is 9.59 Å². The van der Waals surface area contributed by atoms with Gasteiger partial charge in [-0.15, -0.1) is 0 Å². The predicted molar refractivity (Wildman–Crippen MR) is 61.6 cm³/mol. The van der Waals surface area contributed by atoms with Crippen LogP contribution in [0.25, 0.3) is 0 Å². The zero-order chi connectivity index (χ0) is 12.6. The van der Waals surface area contributed by atoms with E-state index in [1.54, 1.807) is 25.1 Å². The van der Waals surface area contributed by atoms with Crippen molar-refractivity contribution in [3.8, 4) is 5.75 Å². The molecule has 1 heterocycles. The van der Waals surface area contributed by atoms with E-state index in [4.69, 9.17) is 9.84 Å². The fraction of sp³-hybridized carbons (Fsp3) is 0.333. The Kier molecular flexibility index (Phi) is 2.75. The van der Waals surface area contributed by atoms with Crippen LogP contribution in [0.4, 0.5) is 5.69 Å². The summed E-state index contributed by atoms with van der Waals surface area (Å²) in [5.74, 6) is -0.589. The average molecular weight is 235 g/mol. The first kappa shape index (κ1) is 11.4. The van der Waals surface area contributed by atoms with Crippen molar-refractivity contribution in [1.29, 1.82) is 0 Å². The normalized spacial score (nSPS) is 22.0. The number of anilines is 1. The van der Waals surface area contributed by atoms with E-state index in [2.05, 4.69) is 5.32 Å². The Labute approximate surface area is 98.4 Å². The quantitative estimate of drug-likeness (QED) is 0.760. The number of carboxylic acid groups (broad SMARTS) is 1. The van der Waals surface area contributed by atoms with Crippen molar-refractivity contribution >= 4 is 17.4 Å². The van der Waals surface area contributed by atoms with Gasteiger partial charge >= 0.3 is 5.97 Å². The number of carboxylic acids is 1. The van der Waals surface area contributed by atoms with Crippen LogP contribution in [-0.4, -0.2) is 29.0 Å². The number of benzene rings is 1. The SMILES string of the molecule is CC(=O)c1ccc2c(c1)NC(C)C(C(=O)O)O2. The third-order valence-corrected chi connectivity index (χ3v) is 2.72. The number of hydrogen-bond donors (Lipinski definition) is 2. The molecule has 0 radical (unpaired) electrons. The molecule has 1 aromatic carbocycles. The lowest BCUT2D eigenvalue weighted by Crippen LogP contribution is -2.44. The van der Waals surface area contributed by atoms with Gasteiger partial charge in [0.25, 0.3) is 0 Å². The zero-order valence-corrected chi connectivity index (χ0v) is 9.56. The summed E-state index contributed by atoms with van der Waals surface area (Å²) in [6.07, 6.45) is -0.911. The lowest BCUT2D eigenvalue weighted by molar-refractivity contribution is -0.145. The van der Waals surface area contributed by atoms with E-state index in [1.165, 1.54) is 6.92 Å². The molecule has 0 bridgehead atoms. The highest BCUT2D eigenvalue weighted by atomic mass is 16.5.